The van der Waals surface area contributed by atoms with Crippen molar-refractivity contribution in [1.29, 1.82) is 0 Å². The van der Waals surface area contributed by atoms with Gasteiger partial charge in [0.15, 0.2) is 0 Å². The van der Waals surface area contributed by atoms with E-state index in [1.165, 1.54) is 5.56 Å². The molecule has 154 valence electrons. The van der Waals surface area contributed by atoms with E-state index < -0.39 is 11.8 Å². The lowest BCUT2D eigenvalue weighted by Crippen LogP contribution is -2.41. The van der Waals surface area contributed by atoms with Gasteiger partial charge in [-0.15, -0.1) is 0 Å². The van der Waals surface area contributed by atoms with Gasteiger partial charge in [-0.1, -0.05) is 24.3 Å². The normalized spacial score (nSPS) is 13.6. The zero-order chi connectivity index (χ0) is 21.1. The molecule has 0 bridgehead atoms. The Morgan fingerprint density at radius 2 is 1.80 bits per heavy atom. The first-order valence-electron chi connectivity index (χ1n) is 10.1. The molecule has 1 aliphatic heterocycles. The quantitative estimate of drug-likeness (QED) is 0.636. The molecule has 0 fully saturated rings. The van der Waals surface area contributed by atoms with Crippen LogP contribution in [0.15, 0.2) is 65.3 Å². The molecule has 0 spiro atoms. The Balaban J connectivity index is 1.45. The van der Waals surface area contributed by atoms with Gasteiger partial charge in [0.2, 0.25) is 0 Å². The summed E-state index contributed by atoms with van der Waals surface area (Å²) in [4.78, 5) is 27.1. The number of rotatable bonds is 5. The van der Waals surface area contributed by atoms with Gasteiger partial charge in [-0.2, -0.15) is 0 Å². The van der Waals surface area contributed by atoms with Crippen LogP contribution in [-0.4, -0.2) is 24.9 Å². The first-order valence-corrected chi connectivity index (χ1v) is 10.1. The predicted octanol–water partition coefficient (Wildman–Crippen LogP) is 3.76. The molecule has 3 aromatic rings. The Bertz CT molecular complexity index is 1040. The summed E-state index contributed by atoms with van der Waals surface area (Å²) >= 11 is 0. The Morgan fingerprint density at radius 1 is 1.03 bits per heavy atom. The van der Waals surface area contributed by atoms with Crippen LogP contribution in [-0.2, 0) is 16.0 Å². The second-order valence-corrected chi connectivity index (χ2v) is 7.64. The third-order valence-electron chi connectivity index (χ3n) is 5.31. The van der Waals surface area contributed by atoms with E-state index in [0.717, 1.165) is 35.5 Å². The maximum atomic E-state index is 12.5. The first-order chi connectivity index (χ1) is 14.5. The number of nitrogens with one attached hydrogen (secondary N) is 2. The topological polar surface area (TPSA) is 74.6 Å². The molecule has 0 aliphatic carbocycles. The highest BCUT2D eigenvalue weighted by atomic mass is 16.3. The fraction of sp³-hybridized carbons (Fsp3) is 0.250. The molecule has 1 aliphatic rings. The molecule has 2 amide bonds. The van der Waals surface area contributed by atoms with E-state index in [1.807, 2.05) is 56.3 Å². The summed E-state index contributed by atoms with van der Waals surface area (Å²) in [5.41, 5.74) is 5.07. The molecule has 1 atom stereocenters. The van der Waals surface area contributed by atoms with Crippen molar-refractivity contribution < 1.29 is 14.0 Å². The van der Waals surface area contributed by atoms with Crippen LogP contribution in [0.5, 0.6) is 0 Å². The van der Waals surface area contributed by atoms with Crippen LogP contribution in [0, 0.1) is 13.8 Å². The molecule has 30 heavy (non-hydrogen) atoms. The number of benzene rings is 2. The van der Waals surface area contributed by atoms with Crippen LogP contribution in [0.3, 0.4) is 0 Å². The Labute approximate surface area is 175 Å². The van der Waals surface area contributed by atoms with Crippen LogP contribution in [0.4, 0.5) is 11.4 Å². The molecule has 6 heteroatoms. The highest BCUT2D eigenvalue weighted by Crippen LogP contribution is 2.34. The minimum atomic E-state index is -0.681. The van der Waals surface area contributed by atoms with E-state index in [1.54, 1.807) is 6.26 Å². The van der Waals surface area contributed by atoms with Crippen molar-refractivity contribution in [2.24, 2.45) is 0 Å². The van der Waals surface area contributed by atoms with E-state index in [2.05, 4.69) is 27.7 Å². The number of para-hydroxylation sites is 1. The van der Waals surface area contributed by atoms with Gasteiger partial charge >= 0.3 is 11.8 Å². The fourth-order valence-electron chi connectivity index (χ4n) is 4.04. The molecule has 4 rings (SSSR count). The molecular weight excluding hydrogens is 378 g/mol. The molecule has 2 N–H and O–H groups in total. The summed E-state index contributed by atoms with van der Waals surface area (Å²) in [6, 6.07) is 17.5. The van der Waals surface area contributed by atoms with Crippen molar-refractivity contribution in [2.45, 2.75) is 26.3 Å². The van der Waals surface area contributed by atoms with Gasteiger partial charge in [0.25, 0.3) is 0 Å². The number of aryl methyl sites for hydroxylation is 2. The van der Waals surface area contributed by atoms with Crippen LogP contribution < -0.4 is 15.5 Å². The monoisotopic (exact) mass is 403 g/mol. The van der Waals surface area contributed by atoms with Gasteiger partial charge < -0.3 is 20.0 Å². The summed E-state index contributed by atoms with van der Waals surface area (Å²) in [6.45, 7) is 4.99. The highest BCUT2D eigenvalue weighted by Gasteiger charge is 2.29. The Morgan fingerprint density at radius 3 is 2.53 bits per heavy atom. The lowest BCUT2D eigenvalue weighted by molar-refractivity contribution is -0.136. The van der Waals surface area contributed by atoms with Crippen molar-refractivity contribution in [3.8, 4) is 0 Å². The maximum absolute atomic E-state index is 12.5. The van der Waals surface area contributed by atoms with Crippen molar-refractivity contribution >= 4 is 23.2 Å². The Kier molecular flexibility index (Phi) is 5.57. The SMILES string of the molecule is Cc1cc(C)cc(NC(=O)C(=O)NCC(c2ccco2)N2CCc3ccccc32)c1. The molecule has 0 saturated carbocycles. The number of carbonyl (C=O) groups excluding carboxylic acids is 2. The number of hydrogen-bond donors (Lipinski definition) is 2. The average Bonchev–Trinajstić information content (AvgIpc) is 3.38. The second kappa shape index (κ2) is 8.45. The number of anilines is 2. The highest BCUT2D eigenvalue weighted by molar-refractivity contribution is 6.39. The van der Waals surface area contributed by atoms with Crippen molar-refractivity contribution in [3.05, 3.63) is 83.3 Å². The second-order valence-electron chi connectivity index (χ2n) is 7.64. The van der Waals surface area contributed by atoms with Crippen molar-refractivity contribution in [3.63, 3.8) is 0 Å². The summed E-state index contributed by atoms with van der Waals surface area (Å²) in [7, 11) is 0. The number of hydrogen-bond acceptors (Lipinski definition) is 4. The smallest absolute Gasteiger partial charge is 0.313 e. The number of furan rings is 1. The van der Waals surface area contributed by atoms with E-state index in [0.29, 0.717) is 5.69 Å². The molecule has 0 saturated heterocycles. The summed E-state index contributed by atoms with van der Waals surface area (Å²) in [5, 5.41) is 5.45. The molecular formula is C24H25N3O3. The van der Waals surface area contributed by atoms with Crippen molar-refractivity contribution in [1.82, 2.24) is 5.32 Å². The molecule has 1 aromatic heterocycles. The third-order valence-corrected chi connectivity index (χ3v) is 5.31. The standard InChI is InChI=1S/C24H25N3O3/c1-16-12-17(2)14-19(13-16)26-24(29)23(28)25-15-21(22-8-5-11-30-22)27-10-9-18-6-3-4-7-20(18)27/h3-8,11-14,21H,9-10,15H2,1-2H3,(H,25,28)(H,26,29). The predicted molar refractivity (Wildman–Crippen MR) is 116 cm³/mol. The van der Waals surface area contributed by atoms with Gasteiger partial charge in [0, 0.05) is 24.5 Å². The largest absolute Gasteiger partial charge is 0.467 e. The summed E-state index contributed by atoms with van der Waals surface area (Å²) in [6.07, 6.45) is 2.56. The number of amides is 2. The minimum Gasteiger partial charge on any atom is -0.467 e. The van der Waals surface area contributed by atoms with Crippen LogP contribution >= 0.6 is 0 Å². The minimum absolute atomic E-state index is 0.193. The van der Waals surface area contributed by atoms with Gasteiger partial charge in [-0.3, -0.25) is 9.59 Å². The Hall–Kier alpha value is -3.54. The lowest BCUT2D eigenvalue weighted by Gasteiger charge is -2.29. The van der Waals surface area contributed by atoms with Crippen molar-refractivity contribution in [2.75, 3.05) is 23.3 Å². The molecule has 2 heterocycles. The fourth-order valence-corrected chi connectivity index (χ4v) is 4.04. The number of nitrogens with zero attached hydrogens (tertiary/aromatic N) is 1. The number of carbonyl (C=O) groups is 2. The van der Waals surface area contributed by atoms with E-state index in [4.69, 9.17) is 4.42 Å². The summed E-state index contributed by atoms with van der Waals surface area (Å²) in [5.74, 6) is -0.597. The maximum Gasteiger partial charge on any atom is 0.313 e. The zero-order valence-electron chi connectivity index (χ0n) is 17.1. The van der Waals surface area contributed by atoms with Gasteiger partial charge in [-0.05, 0) is 67.3 Å². The molecule has 2 aromatic carbocycles. The molecule has 1 unspecified atom stereocenters. The third kappa shape index (κ3) is 4.22. The van der Waals surface area contributed by atoms with Crippen LogP contribution in [0.25, 0.3) is 0 Å². The van der Waals surface area contributed by atoms with Crippen LogP contribution in [0.2, 0.25) is 0 Å². The van der Waals surface area contributed by atoms with E-state index in [9.17, 15) is 9.59 Å². The van der Waals surface area contributed by atoms with E-state index >= 15 is 0 Å². The number of fused-ring (bicyclic) bond motifs is 1. The van der Waals surface area contributed by atoms with Gasteiger partial charge in [0.05, 0.1) is 6.26 Å². The first kappa shape index (κ1) is 19.8. The average molecular weight is 403 g/mol. The van der Waals surface area contributed by atoms with E-state index in [-0.39, 0.29) is 12.6 Å². The molecule has 6 nitrogen and oxygen atoms in total. The molecule has 0 radical (unpaired) electrons. The van der Waals surface area contributed by atoms with Gasteiger partial charge in [0.1, 0.15) is 11.8 Å². The van der Waals surface area contributed by atoms with Gasteiger partial charge in [-0.25, -0.2) is 0 Å². The zero-order valence-corrected chi connectivity index (χ0v) is 17.1. The summed E-state index contributed by atoms with van der Waals surface area (Å²) < 4.78 is 5.64. The van der Waals surface area contributed by atoms with Crippen LogP contribution in [0.1, 0.15) is 28.5 Å². The lowest BCUT2D eigenvalue weighted by atomic mass is 10.1.